The molecule has 102 valence electrons. The van der Waals surface area contributed by atoms with Gasteiger partial charge >= 0.3 is 0 Å². The number of hydrogen-bond donors (Lipinski definition) is 1. The van der Waals surface area contributed by atoms with Crippen LogP contribution >= 0.6 is 11.6 Å². The van der Waals surface area contributed by atoms with Crippen LogP contribution < -0.4 is 10.6 Å². The summed E-state index contributed by atoms with van der Waals surface area (Å²) in [5.74, 6) is -0.947. The van der Waals surface area contributed by atoms with E-state index in [0.717, 1.165) is 4.90 Å². The zero-order valence-corrected chi connectivity index (χ0v) is 11.4. The molecule has 0 spiro atoms. The van der Waals surface area contributed by atoms with Crippen LogP contribution in [0.2, 0.25) is 5.02 Å². The number of fused-ring (bicyclic) bond motifs is 1. The van der Waals surface area contributed by atoms with Crippen molar-refractivity contribution in [1.82, 2.24) is 0 Å². The first-order chi connectivity index (χ1) is 10.0. The van der Waals surface area contributed by atoms with Gasteiger partial charge in [-0.2, -0.15) is 5.26 Å². The summed E-state index contributed by atoms with van der Waals surface area (Å²) < 4.78 is 0. The molecule has 0 unspecified atom stereocenters. The summed E-state index contributed by atoms with van der Waals surface area (Å²) in [6.45, 7) is 0. The van der Waals surface area contributed by atoms with Gasteiger partial charge in [-0.25, -0.2) is 4.90 Å². The lowest BCUT2D eigenvalue weighted by Gasteiger charge is -2.14. The van der Waals surface area contributed by atoms with E-state index in [1.54, 1.807) is 18.2 Å². The Morgan fingerprint density at radius 1 is 1.14 bits per heavy atom. The summed E-state index contributed by atoms with van der Waals surface area (Å²) in [5.41, 5.74) is 7.07. The number of benzene rings is 2. The Kier molecular flexibility index (Phi) is 2.89. The van der Waals surface area contributed by atoms with Crippen LogP contribution in [0.3, 0.4) is 0 Å². The van der Waals surface area contributed by atoms with Gasteiger partial charge in [0, 0.05) is 5.69 Å². The van der Waals surface area contributed by atoms with Crippen LogP contribution in [0, 0.1) is 11.3 Å². The molecule has 0 radical (unpaired) electrons. The average molecular weight is 298 g/mol. The van der Waals surface area contributed by atoms with Gasteiger partial charge in [-0.3, -0.25) is 9.59 Å². The second-order valence-corrected chi connectivity index (χ2v) is 4.90. The second-order valence-electron chi connectivity index (χ2n) is 4.49. The van der Waals surface area contributed by atoms with Crippen LogP contribution in [-0.4, -0.2) is 11.8 Å². The van der Waals surface area contributed by atoms with Crippen molar-refractivity contribution in [2.24, 2.45) is 0 Å². The molecule has 0 atom stereocenters. The minimum Gasteiger partial charge on any atom is -0.398 e. The first-order valence-electron chi connectivity index (χ1n) is 6.01. The third-order valence-electron chi connectivity index (χ3n) is 3.28. The van der Waals surface area contributed by atoms with Crippen LogP contribution in [0.25, 0.3) is 0 Å². The minimum atomic E-state index is -0.492. The number of nitrogens with zero attached hydrogens (tertiary/aromatic N) is 2. The Morgan fingerprint density at radius 3 is 2.52 bits per heavy atom. The van der Waals surface area contributed by atoms with E-state index in [4.69, 9.17) is 22.6 Å². The van der Waals surface area contributed by atoms with E-state index in [9.17, 15) is 9.59 Å². The molecule has 3 rings (SSSR count). The van der Waals surface area contributed by atoms with Gasteiger partial charge in [0.1, 0.15) is 6.07 Å². The number of anilines is 2. The fraction of sp³-hybridized carbons (Fsp3) is 0. The van der Waals surface area contributed by atoms with Gasteiger partial charge in [0.15, 0.2) is 0 Å². The lowest BCUT2D eigenvalue weighted by Crippen LogP contribution is -2.29. The number of nitrogen functional groups attached to an aromatic ring is 1. The Bertz CT molecular complexity index is 839. The molecule has 0 aromatic heterocycles. The van der Waals surface area contributed by atoms with E-state index in [1.165, 1.54) is 18.2 Å². The van der Waals surface area contributed by atoms with Gasteiger partial charge in [-0.05, 0) is 30.3 Å². The number of nitriles is 1. The maximum Gasteiger partial charge on any atom is 0.268 e. The third kappa shape index (κ3) is 1.85. The molecule has 1 heterocycles. The molecule has 6 heteroatoms. The van der Waals surface area contributed by atoms with Crippen molar-refractivity contribution in [3.63, 3.8) is 0 Å². The first-order valence-corrected chi connectivity index (χ1v) is 6.39. The van der Waals surface area contributed by atoms with Crippen LogP contribution in [0.15, 0.2) is 36.4 Å². The third-order valence-corrected chi connectivity index (χ3v) is 3.59. The number of halogens is 1. The summed E-state index contributed by atoms with van der Waals surface area (Å²) in [7, 11) is 0. The van der Waals surface area contributed by atoms with Crippen molar-refractivity contribution in [2.45, 2.75) is 0 Å². The predicted molar refractivity (Wildman–Crippen MR) is 78.2 cm³/mol. The standard InChI is InChI=1S/C15H8ClN3O2/c16-11-6-9(5-4-8(11)7-17)19-14(20)10-2-1-3-12(18)13(10)15(19)21/h1-6H,18H2. The lowest BCUT2D eigenvalue weighted by molar-refractivity contribution is 0.0926. The summed E-state index contributed by atoms with van der Waals surface area (Å²) in [6, 6.07) is 11.0. The van der Waals surface area contributed by atoms with Gasteiger partial charge < -0.3 is 5.73 Å². The van der Waals surface area contributed by atoms with Crippen LogP contribution in [0.5, 0.6) is 0 Å². The second kappa shape index (κ2) is 4.62. The van der Waals surface area contributed by atoms with Crippen LogP contribution in [0.4, 0.5) is 11.4 Å². The fourth-order valence-corrected chi connectivity index (χ4v) is 2.50. The molecule has 0 fully saturated rings. The molecule has 2 amide bonds. The molecule has 0 saturated heterocycles. The Balaban J connectivity index is 2.13. The molecule has 2 aromatic carbocycles. The number of hydrogen-bond acceptors (Lipinski definition) is 4. The van der Waals surface area contributed by atoms with E-state index >= 15 is 0 Å². The Hall–Kier alpha value is -2.84. The molecule has 1 aliphatic rings. The minimum absolute atomic E-state index is 0.180. The SMILES string of the molecule is N#Cc1ccc(N2C(=O)c3cccc(N)c3C2=O)cc1Cl. The number of amides is 2. The van der Waals surface area contributed by atoms with Gasteiger partial charge in [-0.15, -0.1) is 0 Å². The van der Waals surface area contributed by atoms with Crippen LogP contribution in [-0.2, 0) is 0 Å². The van der Waals surface area contributed by atoms with Gasteiger partial charge in [0.2, 0.25) is 0 Å². The van der Waals surface area contributed by atoms with E-state index < -0.39 is 11.8 Å². The van der Waals surface area contributed by atoms with Crippen LogP contribution in [0.1, 0.15) is 26.3 Å². The smallest absolute Gasteiger partial charge is 0.268 e. The van der Waals surface area contributed by atoms with E-state index in [0.29, 0.717) is 5.69 Å². The molecule has 0 bridgehead atoms. The molecular weight excluding hydrogens is 290 g/mol. The Morgan fingerprint density at radius 2 is 1.90 bits per heavy atom. The predicted octanol–water partition coefficient (Wildman–Crippen LogP) is 2.59. The van der Waals surface area contributed by atoms with Gasteiger partial charge in [-0.1, -0.05) is 17.7 Å². The lowest BCUT2D eigenvalue weighted by atomic mass is 10.1. The largest absolute Gasteiger partial charge is 0.398 e. The number of rotatable bonds is 1. The van der Waals surface area contributed by atoms with Crippen molar-refractivity contribution >= 4 is 34.8 Å². The zero-order chi connectivity index (χ0) is 15.1. The van der Waals surface area contributed by atoms with E-state index in [1.807, 2.05) is 6.07 Å². The topological polar surface area (TPSA) is 87.2 Å². The molecule has 5 nitrogen and oxygen atoms in total. The molecule has 2 aromatic rings. The molecule has 21 heavy (non-hydrogen) atoms. The van der Waals surface area contributed by atoms with Crippen molar-refractivity contribution in [3.05, 3.63) is 58.1 Å². The maximum absolute atomic E-state index is 12.4. The molecule has 2 N–H and O–H groups in total. The number of carbonyl (C=O) groups excluding carboxylic acids is 2. The highest BCUT2D eigenvalue weighted by atomic mass is 35.5. The van der Waals surface area contributed by atoms with E-state index in [2.05, 4.69) is 0 Å². The highest BCUT2D eigenvalue weighted by molar-refractivity contribution is 6.37. The average Bonchev–Trinajstić information content (AvgIpc) is 2.72. The fourth-order valence-electron chi connectivity index (χ4n) is 2.28. The van der Waals surface area contributed by atoms with Crippen molar-refractivity contribution < 1.29 is 9.59 Å². The summed E-state index contributed by atoms with van der Waals surface area (Å²) in [6.07, 6.45) is 0. The van der Waals surface area contributed by atoms with Gasteiger partial charge in [0.25, 0.3) is 11.8 Å². The zero-order valence-electron chi connectivity index (χ0n) is 10.6. The monoisotopic (exact) mass is 297 g/mol. The molecule has 1 aliphatic heterocycles. The first kappa shape index (κ1) is 13.2. The number of imide groups is 1. The quantitative estimate of drug-likeness (QED) is 0.647. The van der Waals surface area contributed by atoms with E-state index in [-0.39, 0.29) is 27.4 Å². The normalized spacial score (nSPS) is 13.2. The highest BCUT2D eigenvalue weighted by Gasteiger charge is 2.38. The van der Waals surface area contributed by atoms with Crippen molar-refractivity contribution in [2.75, 3.05) is 10.6 Å². The summed E-state index contributed by atoms with van der Waals surface area (Å²) in [5, 5.41) is 9.04. The van der Waals surface area contributed by atoms with Crippen molar-refractivity contribution in [1.29, 1.82) is 5.26 Å². The van der Waals surface area contributed by atoms with Gasteiger partial charge in [0.05, 0.1) is 27.4 Å². The summed E-state index contributed by atoms with van der Waals surface area (Å²) >= 11 is 5.95. The van der Waals surface area contributed by atoms with Crippen molar-refractivity contribution in [3.8, 4) is 6.07 Å². The summed E-state index contributed by atoms with van der Waals surface area (Å²) in [4.78, 5) is 25.8. The molecular formula is C15H8ClN3O2. The number of nitrogens with two attached hydrogens (primary N) is 1. The molecule has 0 aliphatic carbocycles. The maximum atomic E-state index is 12.4. The number of carbonyl (C=O) groups is 2. The molecule has 0 saturated carbocycles. The Labute approximate surface area is 125 Å². The highest BCUT2D eigenvalue weighted by Crippen LogP contribution is 2.33.